The summed E-state index contributed by atoms with van der Waals surface area (Å²) in [6.45, 7) is 7.49. The zero-order valence-electron chi connectivity index (χ0n) is 22.7. The van der Waals surface area contributed by atoms with Gasteiger partial charge in [-0.1, -0.05) is 0 Å². The zero-order chi connectivity index (χ0) is 26.8. The van der Waals surface area contributed by atoms with E-state index in [0.717, 1.165) is 16.8 Å². The van der Waals surface area contributed by atoms with E-state index in [-0.39, 0.29) is 11.8 Å². The van der Waals surface area contributed by atoms with Crippen molar-refractivity contribution in [1.29, 1.82) is 0 Å². The first-order valence-electron chi connectivity index (χ1n) is 13.9. The average molecular weight is 634 g/mol. The summed E-state index contributed by atoms with van der Waals surface area (Å²) in [6.07, 6.45) is 7.56. The number of aryl methyl sites for hydroxylation is 1. The van der Waals surface area contributed by atoms with Crippen LogP contribution in [0.2, 0.25) is 13.3 Å². The van der Waals surface area contributed by atoms with Crippen LogP contribution in [-0.4, -0.2) is 45.5 Å². The number of halogens is 1. The van der Waals surface area contributed by atoms with Crippen molar-refractivity contribution in [2.24, 2.45) is 0 Å². The predicted molar refractivity (Wildman–Crippen MR) is 160 cm³/mol. The average Bonchev–Trinajstić information content (AvgIpc) is 2.89. The molecule has 0 unspecified atom stereocenters. The van der Waals surface area contributed by atoms with Crippen LogP contribution in [0.15, 0.2) is 41.2 Å². The number of carboxylic acids is 1. The van der Waals surface area contributed by atoms with Crippen molar-refractivity contribution in [2.45, 2.75) is 85.6 Å². The molecule has 1 N–H and O–H groups in total. The molecule has 0 saturated heterocycles. The summed E-state index contributed by atoms with van der Waals surface area (Å²) in [5.41, 5.74) is 1.60. The summed E-state index contributed by atoms with van der Waals surface area (Å²) in [4.78, 5) is 24.4. The standard InChI is InChI=1S/C18H15FNO3S.3C4H9.Sn/c19-12-5-6-16-14(11-12)18(23)13-3-1-2-4-15(13)20(16)8-10-24-9-7-17(21)22;3*1-3-4-2;/h1,3-6,11H,7-10H2,(H,21,22);3*1,3-4H2,2H3;. The molecule has 3 aromatic rings. The molecule has 0 amide bonds. The van der Waals surface area contributed by atoms with E-state index in [9.17, 15) is 14.0 Å². The number of nitrogens with zero attached hydrogens (tertiary/aromatic N) is 1. The van der Waals surface area contributed by atoms with E-state index in [1.165, 1.54) is 67.5 Å². The molecule has 4 nitrogen and oxygen atoms in total. The zero-order valence-corrected chi connectivity index (χ0v) is 26.3. The van der Waals surface area contributed by atoms with Crippen LogP contribution in [0.4, 0.5) is 4.39 Å². The third-order valence-electron chi connectivity index (χ3n) is 7.59. The summed E-state index contributed by atoms with van der Waals surface area (Å²) in [7, 11) is 0. The second-order valence-corrected chi connectivity index (χ2v) is 24.7. The quantitative estimate of drug-likeness (QED) is 0.100. The van der Waals surface area contributed by atoms with Crippen molar-refractivity contribution in [2.75, 3.05) is 11.5 Å². The second-order valence-electron chi connectivity index (χ2n) is 10.2. The fourth-order valence-electron chi connectivity index (χ4n) is 5.49. The molecule has 0 aliphatic rings. The van der Waals surface area contributed by atoms with Gasteiger partial charge in [0.05, 0.1) is 0 Å². The number of unbranched alkanes of at least 4 members (excludes halogenated alkanes) is 3. The van der Waals surface area contributed by atoms with Gasteiger partial charge in [-0.3, -0.25) is 0 Å². The van der Waals surface area contributed by atoms with Crippen molar-refractivity contribution < 1.29 is 14.3 Å². The number of thioether (sulfide) groups is 1. The molecule has 202 valence electrons. The van der Waals surface area contributed by atoms with Gasteiger partial charge in [0, 0.05) is 0 Å². The summed E-state index contributed by atoms with van der Waals surface area (Å²) >= 11 is -1.12. The minimum absolute atomic E-state index is 0.109. The second kappa shape index (κ2) is 14.6. The maximum atomic E-state index is 14.2. The monoisotopic (exact) mass is 635 g/mol. The van der Waals surface area contributed by atoms with Crippen LogP contribution in [0.25, 0.3) is 21.8 Å². The van der Waals surface area contributed by atoms with Crippen molar-refractivity contribution >= 4 is 61.5 Å². The Hall–Kier alpha value is -1.54. The van der Waals surface area contributed by atoms with Gasteiger partial charge in [0.15, 0.2) is 0 Å². The number of aliphatic carboxylic acids is 1. The van der Waals surface area contributed by atoms with Crippen LogP contribution >= 0.6 is 11.8 Å². The molecule has 2 aromatic carbocycles. The van der Waals surface area contributed by atoms with Crippen LogP contribution in [0.1, 0.15) is 65.7 Å². The Morgan fingerprint density at radius 2 is 1.54 bits per heavy atom. The van der Waals surface area contributed by atoms with Gasteiger partial charge in [-0.05, 0) is 0 Å². The number of fused-ring (bicyclic) bond motifs is 2. The van der Waals surface area contributed by atoms with E-state index in [1.54, 1.807) is 17.8 Å². The van der Waals surface area contributed by atoms with Crippen LogP contribution in [-0.2, 0) is 11.3 Å². The maximum absolute atomic E-state index is 14.2. The Morgan fingerprint density at radius 3 is 2.14 bits per heavy atom. The minimum atomic E-state index is -2.72. The number of carbonyl (C=O) groups is 1. The summed E-state index contributed by atoms with van der Waals surface area (Å²) < 4.78 is 21.9. The Labute approximate surface area is 228 Å². The van der Waals surface area contributed by atoms with Gasteiger partial charge in [0.2, 0.25) is 0 Å². The molecule has 0 fully saturated rings. The summed E-state index contributed by atoms with van der Waals surface area (Å²) in [5.74, 6) is 0.0900. The number of aromatic nitrogens is 1. The van der Waals surface area contributed by atoms with E-state index < -0.39 is 30.2 Å². The molecule has 1 aromatic heterocycles. The van der Waals surface area contributed by atoms with E-state index in [1.807, 2.05) is 6.07 Å². The Balaban J connectivity index is 2.17. The van der Waals surface area contributed by atoms with Crippen molar-refractivity contribution in [1.82, 2.24) is 4.57 Å². The van der Waals surface area contributed by atoms with Crippen LogP contribution < -0.4 is 9.01 Å². The number of rotatable bonds is 16. The predicted octanol–water partition coefficient (Wildman–Crippen LogP) is 7.56. The molecule has 0 atom stereocenters. The van der Waals surface area contributed by atoms with Crippen LogP contribution in [0, 0.1) is 5.82 Å². The van der Waals surface area contributed by atoms with E-state index in [4.69, 9.17) is 5.11 Å². The Bertz CT molecular complexity index is 1240. The topological polar surface area (TPSA) is 59.3 Å². The van der Waals surface area contributed by atoms with Gasteiger partial charge < -0.3 is 0 Å². The molecule has 0 bridgehead atoms. The number of hydrogen-bond acceptors (Lipinski definition) is 3. The first kappa shape index (κ1) is 30.0. The molecular weight excluding hydrogens is 592 g/mol. The van der Waals surface area contributed by atoms with Gasteiger partial charge >= 0.3 is 230 Å². The molecular formula is C30H42FNO3SSn. The fourth-order valence-corrected chi connectivity index (χ4v) is 22.3. The molecule has 37 heavy (non-hydrogen) atoms. The number of hydrogen-bond donors (Lipinski definition) is 1. The molecule has 0 spiro atoms. The molecule has 0 saturated carbocycles. The first-order chi connectivity index (χ1) is 17.9. The van der Waals surface area contributed by atoms with Crippen molar-refractivity contribution in [3.8, 4) is 0 Å². The van der Waals surface area contributed by atoms with E-state index >= 15 is 0 Å². The third-order valence-corrected chi connectivity index (χ3v) is 24.2. The summed E-state index contributed by atoms with van der Waals surface area (Å²) in [5, 5.41) is 10.0. The summed E-state index contributed by atoms with van der Waals surface area (Å²) in [6, 6.07) is 11.1. The Morgan fingerprint density at radius 1 is 0.892 bits per heavy atom. The van der Waals surface area contributed by atoms with Crippen molar-refractivity contribution in [3.63, 3.8) is 0 Å². The number of benzene rings is 2. The molecule has 3 rings (SSSR count). The molecule has 0 aliphatic heterocycles. The van der Waals surface area contributed by atoms with E-state index in [2.05, 4.69) is 37.5 Å². The van der Waals surface area contributed by atoms with Gasteiger partial charge in [-0.2, -0.15) is 0 Å². The SMILES string of the molecule is CCC[CH2][Sn]([CH2]CCC)([CH2]CCC)[c]1ccc2c(=O)c3cc(F)ccc3n(CCSCCC(=O)O)c2c1. The number of pyridine rings is 1. The molecule has 1 heterocycles. The van der Waals surface area contributed by atoms with Crippen LogP contribution in [0.3, 0.4) is 0 Å². The van der Waals surface area contributed by atoms with Crippen LogP contribution in [0.5, 0.6) is 0 Å². The first-order valence-corrected chi connectivity index (χ1v) is 22.6. The molecule has 0 radical (unpaired) electrons. The van der Waals surface area contributed by atoms with Gasteiger partial charge in [0.25, 0.3) is 0 Å². The van der Waals surface area contributed by atoms with Gasteiger partial charge in [-0.25, -0.2) is 0 Å². The molecule has 7 heteroatoms. The number of carboxylic acid groups (broad SMARTS) is 1. The Kier molecular flexibility index (Phi) is 11.8. The fraction of sp³-hybridized carbons (Fsp3) is 0.533. The van der Waals surface area contributed by atoms with E-state index in [0.29, 0.717) is 23.1 Å². The van der Waals surface area contributed by atoms with Crippen molar-refractivity contribution in [3.05, 3.63) is 52.4 Å². The third kappa shape index (κ3) is 7.53. The molecule has 0 aliphatic carbocycles. The van der Waals surface area contributed by atoms with Gasteiger partial charge in [0.1, 0.15) is 0 Å². The van der Waals surface area contributed by atoms with Gasteiger partial charge in [-0.15, -0.1) is 0 Å². The normalized spacial score (nSPS) is 12.0.